The molecule has 35 heavy (non-hydrogen) atoms. The quantitative estimate of drug-likeness (QED) is 0.379. The van der Waals surface area contributed by atoms with Crippen molar-refractivity contribution in [3.63, 3.8) is 0 Å². The fourth-order valence-electron chi connectivity index (χ4n) is 3.92. The number of carbonyl (C=O) groups excluding carboxylic acids is 1. The van der Waals surface area contributed by atoms with Gasteiger partial charge in [-0.3, -0.25) is 4.79 Å². The average Bonchev–Trinajstić information content (AvgIpc) is 3.24. The molecule has 7 nitrogen and oxygen atoms in total. The molecule has 188 valence electrons. The zero-order chi connectivity index (χ0) is 25.4. The number of benzene rings is 2. The summed E-state index contributed by atoms with van der Waals surface area (Å²) in [7, 11) is -1.86. The van der Waals surface area contributed by atoms with Gasteiger partial charge in [-0.05, 0) is 41.3 Å². The molecule has 2 aromatic carbocycles. The maximum atomic E-state index is 13.5. The molecule has 3 aromatic rings. The summed E-state index contributed by atoms with van der Waals surface area (Å²) < 4.78 is 33.4. The lowest BCUT2D eigenvalue weighted by molar-refractivity contribution is -0.132. The van der Waals surface area contributed by atoms with Gasteiger partial charge in [0, 0.05) is 31.5 Å². The Bertz CT molecular complexity index is 1210. The molecule has 1 aromatic heterocycles. The van der Waals surface area contributed by atoms with E-state index in [1.807, 2.05) is 86.8 Å². The van der Waals surface area contributed by atoms with Crippen molar-refractivity contribution >= 4 is 15.9 Å². The van der Waals surface area contributed by atoms with Gasteiger partial charge in [0.25, 0.3) is 0 Å². The Kier molecular flexibility index (Phi) is 9.12. The lowest BCUT2D eigenvalue weighted by atomic mass is 10.2. The molecule has 0 saturated heterocycles. The van der Waals surface area contributed by atoms with E-state index in [-0.39, 0.29) is 18.4 Å². The number of carbonyl (C=O) groups is 1. The van der Waals surface area contributed by atoms with E-state index in [0.717, 1.165) is 28.8 Å². The van der Waals surface area contributed by atoms with Gasteiger partial charge in [-0.15, -0.1) is 0 Å². The van der Waals surface area contributed by atoms with Crippen molar-refractivity contribution in [2.45, 2.75) is 33.5 Å². The predicted molar refractivity (Wildman–Crippen MR) is 138 cm³/mol. The standard InChI is InChI=1S/C27H35N3O4S/c1-22(2)17-30(35(4,32)33)21-27(31)29(18-23-10-6-5-7-11-23)20-25-13-9-15-28(25)19-24-12-8-14-26(16-24)34-3/h5-16,22H,17-21H2,1-4H3. The van der Waals surface area contributed by atoms with Gasteiger partial charge in [-0.25, -0.2) is 8.42 Å². The van der Waals surface area contributed by atoms with E-state index >= 15 is 0 Å². The van der Waals surface area contributed by atoms with E-state index < -0.39 is 10.0 Å². The Morgan fingerprint density at radius 2 is 1.69 bits per heavy atom. The minimum atomic E-state index is -3.51. The van der Waals surface area contributed by atoms with Crippen molar-refractivity contribution in [1.82, 2.24) is 13.8 Å². The number of hydrogen-bond acceptors (Lipinski definition) is 4. The summed E-state index contributed by atoms with van der Waals surface area (Å²) in [5.41, 5.74) is 3.04. The third-order valence-corrected chi connectivity index (χ3v) is 6.90. The molecule has 3 rings (SSSR count). The second-order valence-corrected chi connectivity index (χ2v) is 11.1. The van der Waals surface area contributed by atoms with Gasteiger partial charge in [0.1, 0.15) is 5.75 Å². The van der Waals surface area contributed by atoms with Crippen LogP contribution in [0.2, 0.25) is 0 Å². The number of aromatic nitrogens is 1. The normalized spacial score (nSPS) is 11.7. The minimum absolute atomic E-state index is 0.111. The highest BCUT2D eigenvalue weighted by molar-refractivity contribution is 7.88. The van der Waals surface area contributed by atoms with Crippen LogP contribution in [0, 0.1) is 5.92 Å². The molecule has 0 aliphatic rings. The molecule has 1 amide bonds. The molecule has 0 N–H and O–H groups in total. The second-order valence-electron chi connectivity index (χ2n) is 9.16. The monoisotopic (exact) mass is 497 g/mol. The number of methoxy groups -OCH3 is 1. The smallest absolute Gasteiger partial charge is 0.238 e. The average molecular weight is 498 g/mol. The van der Waals surface area contributed by atoms with Crippen molar-refractivity contribution in [2.75, 3.05) is 26.5 Å². The Hall–Kier alpha value is -3.10. The first kappa shape index (κ1) is 26.5. The molecule has 1 heterocycles. The van der Waals surface area contributed by atoms with E-state index in [1.54, 1.807) is 12.0 Å². The zero-order valence-electron chi connectivity index (χ0n) is 20.9. The summed E-state index contributed by atoms with van der Waals surface area (Å²) in [6.07, 6.45) is 3.14. The van der Waals surface area contributed by atoms with Crippen LogP contribution in [0.5, 0.6) is 5.75 Å². The topological polar surface area (TPSA) is 71.8 Å². The van der Waals surface area contributed by atoms with Crippen molar-refractivity contribution in [1.29, 1.82) is 0 Å². The summed E-state index contributed by atoms with van der Waals surface area (Å²) in [6, 6.07) is 21.6. The fourth-order valence-corrected chi connectivity index (χ4v) is 4.84. The van der Waals surface area contributed by atoms with E-state index in [4.69, 9.17) is 4.74 Å². The van der Waals surface area contributed by atoms with Gasteiger partial charge in [0.15, 0.2) is 0 Å². The van der Waals surface area contributed by atoms with Crippen molar-refractivity contribution in [2.24, 2.45) is 5.92 Å². The maximum absolute atomic E-state index is 13.5. The van der Waals surface area contributed by atoms with Crippen LogP contribution in [0.25, 0.3) is 0 Å². The molecule has 0 unspecified atom stereocenters. The molecule has 0 atom stereocenters. The van der Waals surface area contributed by atoms with Gasteiger partial charge in [-0.1, -0.05) is 56.3 Å². The summed E-state index contributed by atoms with van der Waals surface area (Å²) in [5, 5.41) is 0. The maximum Gasteiger partial charge on any atom is 0.238 e. The first-order chi connectivity index (χ1) is 16.7. The molecule has 0 radical (unpaired) electrons. The Morgan fingerprint density at radius 3 is 2.34 bits per heavy atom. The van der Waals surface area contributed by atoms with Crippen molar-refractivity contribution in [3.8, 4) is 5.75 Å². The van der Waals surface area contributed by atoms with Gasteiger partial charge in [0.2, 0.25) is 15.9 Å². The van der Waals surface area contributed by atoms with Gasteiger partial charge in [0.05, 0.1) is 26.5 Å². The van der Waals surface area contributed by atoms with Gasteiger partial charge < -0.3 is 14.2 Å². The van der Waals surface area contributed by atoms with Gasteiger partial charge >= 0.3 is 0 Å². The van der Waals surface area contributed by atoms with Crippen molar-refractivity contribution < 1.29 is 17.9 Å². The molecule has 0 saturated carbocycles. The van der Waals surface area contributed by atoms with Crippen LogP contribution in [0.3, 0.4) is 0 Å². The van der Waals surface area contributed by atoms with E-state index in [1.165, 1.54) is 4.31 Å². The summed E-state index contributed by atoms with van der Waals surface area (Å²) >= 11 is 0. The number of nitrogens with zero attached hydrogens (tertiary/aromatic N) is 3. The number of hydrogen-bond donors (Lipinski definition) is 0. The zero-order valence-corrected chi connectivity index (χ0v) is 21.7. The number of rotatable bonds is 12. The largest absolute Gasteiger partial charge is 0.497 e. The Labute approximate surface area is 209 Å². The van der Waals surface area contributed by atoms with Crippen LogP contribution in [-0.2, 0) is 34.5 Å². The third-order valence-electron chi connectivity index (χ3n) is 5.68. The molecular weight excluding hydrogens is 462 g/mol. The molecule has 0 bridgehead atoms. The minimum Gasteiger partial charge on any atom is -0.497 e. The molecule has 0 fully saturated rings. The van der Waals surface area contributed by atoms with E-state index in [9.17, 15) is 13.2 Å². The molecular formula is C27H35N3O4S. The van der Waals surface area contributed by atoms with Crippen LogP contribution in [-0.4, -0.2) is 54.6 Å². The third kappa shape index (κ3) is 7.97. The fraction of sp³-hybridized carbons (Fsp3) is 0.370. The van der Waals surface area contributed by atoms with E-state index in [0.29, 0.717) is 26.2 Å². The van der Waals surface area contributed by atoms with Crippen LogP contribution in [0.1, 0.15) is 30.7 Å². The SMILES string of the molecule is COc1cccc(Cn2cccc2CN(Cc2ccccc2)C(=O)CN(CC(C)C)S(C)(=O)=O)c1. The summed E-state index contributed by atoms with van der Waals surface area (Å²) in [5.74, 6) is 0.678. The van der Waals surface area contributed by atoms with E-state index in [2.05, 4.69) is 4.57 Å². The first-order valence-electron chi connectivity index (χ1n) is 11.7. The lowest BCUT2D eigenvalue weighted by Crippen LogP contribution is -2.43. The van der Waals surface area contributed by atoms with Crippen LogP contribution < -0.4 is 4.74 Å². The van der Waals surface area contributed by atoms with Crippen LogP contribution in [0.4, 0.5) is 0 Å². The summed E-state index contributed by atoms with van der Waals surface area (Å²) in [4.78, 5) is 15.2. The highest BCUT2D eigenvalue weighted by Crippen LogP contribution is 2.17. The highest BCUT2D eigenvalue weighted by Gasteiger charge is 2.25. The Balaban J connectivity index is 1.84. The number of sulfonamides is 1. The Morgan fingerprint density at radius 1 is 0.971 bits per heavy atom. The predicted octanol–water partition coefficient (Wildman–Crippen LogP) is 3.99. The molecule has 0 aliphatic heterocycles. The van der Waals surface area contributed by atoms with Crippen LogP contribution >= 0.6 is 0 Å². The van der Waals surface area contributed by atoms with Crippen molar-refractivity contribution in [3.05, 3.63) is 89.7 Å². The highest BCUT2D eigenvalue weighted by atomic mass is 32.2. The number of ether oxygens (including phenoxy) is 1. The molecule has 0 spiro atoms. The summed E-state index contributed by atoms with van der Waals surface area (Å²) in [6.45, 7) is 5.39. The molecule has 8 heteroatoms. The first-order valence-corrected chi connectivity index (χ1v) is 13.5. The molecule has 0 aliphatic carbocycles. The lowest BCUT2D eigenvalue weighted by Gasteiger charge is -2.28. The second kappa shape index (κ2) is 12.0. The number of amides is 1. The van der Waals surface area contributed by atoms with Gasteiger partial charge in [-0.2, -0.15) is 4.31 Å². The van der Waals surface area contributed by atoms with Crippen LogP contribution in [0.15, 0.2) is 72.9 Å².